The van der Waals surface area contributed by atoms with Crippen molar-refractivity contribution in [2.75, 3.05) is 5.32 Å². The van der Waals surface area contributed by atoms with Crippen LogP contribution in [0.1, 0.15) is 42.5 Å². The summed E-state index contributed by atoms with van der Waals surface area (Å²) in [5.41, 5.74) is 1.83. The van der Waals surface area contributed by atoms with Crippen molar-refractivity contribution in [1.29, 1.82) is 0 Å². The van der Waals surface area contributed by atoms with Crippen LogP contribution >= 0.6 is 0 Å². The third-order valence-corrected chi connectivity index (χ3v) is 3.91. The molecule has 0 aliphatic carbocycles. The monoisotopic (exact) mass is 325 g/mol. The zero-order valence-electron chi connectivity index (χ0n) is 14.1. The molecule has 6 nitrogen and oxygen atoms in total. The summed E-state index contributed by atoms with van der Waals surface area (Å²) in [4.78, 5) is 31.0. The SMILES string of the molecule is Cc1oc2nc[nH]c(=O)c2c1C(=O)Nc1ccc(C(C)(C)C)cc1. The van der Waals surface area contributed by atoms with Gasteiger partial charge in [-0.3, -0.25) is 9.59 Å². The molecule has 3 rings (SSSR count). The molecule has 0 unspecified atom stereocenters. The minimum Gasteiger partial charge on any atom is -0.442 e. The maximum atomic E-state index is 12.6. The third kappa shape index (κ3) is 2.82. The highest BCUT2D eigenvalue weighted by molar-refractivity contribution is 6.12. The van der Waals surface area contributed by atoms with Gasteiger partial charge in [0.2, 0.25) is 5.71 Å². The quantitative estimate of drug-likeness (QED) is 0.756. The summed E-state index contributed by atoms with van der Waals surface area (Å²) >= 11 is 0. The molecule has 3 aromatic rings. The molecule has 0 radical (unpaired) electrons. The summed E-state index contributed by atoms with van der Waals surface area (Å²) in [6.45, 7) is 8.02. The molecule has 0 saturated carbocycles. The average Bonchev–Trinajstić information content (AvgIpc) is 2.84. The first-order valence-corrected chi connectivity index (χ1v) is 7.66. The van der Waals surface area contributed by atoms with Gasteiger partial charge in [-0.25, -0.2) is 4.98 Å². The van der Waals surface area contributed by atoms with Crippen molar-refractivity contribution in [2.45, 2.75) is 33.1 Å². The van der Waals surface area contributed by atoms with Gasteiger partial charge in [-0.05, 0) is 30.0 Å². The first-order chi connectivity index (χ1) is 11.3. The summed E-state index contributed by atoms with van der Waals surface area (Å²) in [6.07, 6.45) is 1.25. The average molecular weight is 325 g/mol. The number of aryl methyl sites for hydroxylation is 1. The Bertz CT molecular complexity index is 960. The van der Waals surface area contributed by atoms with Gasteiger partial charge in [0.05, 0.1) is 11.9 Å². The number of aromatic nitrogens is 2. The van der Waals surface area contributed by atoms with Gasteiger partial charge in [0.25, 0.3) is 11.5 Å². The van der Waals surface area contributed by atoms with E-state index in [1.54, 1.807) is 6.92 Å². The van der Waals surface area contributed by atoms with E-state index in [9.17, 15) is 9.59 Å². The predicted molar refractivity (Wildman–Crippen MR) is 92.5 cm³/mol. The van der Waals surface area contributed by atoms with Gasteiger partial charge >= 0.3 is 0 Å². The molecule has 124 valence electrons. The number of carbonyl (C=O) groups excluding carboxylic acids is 1. The smallest absolute Gasteiger partial charge is 0.262 e. The van der Waals surface area contributed by atoms with E-state index in [1.165, 1.54) is 11.9 Å². The Morgan fingerprint density at radius 1 is 1.21 bits per heavy atom. The van der Waals surface area contributed by atoms with Crippen molar-refractivity contribution >= 4 is 22.7 Å². The predicted octanol–water partition coefficient (Wildman–Crippen LogP) is 3.37. The number of H-pyrrole nitrogens is 1. The summed E-state index contributed by atoms with van der Waals surface area (Å²) in [5, 5.41) is 2.97. The van der Waals surface area contributed by atoms with Crippen molar-refractivity contribution in [3.8, 4) is 0 Å². The Hall–Kier alpha value is -2.89. The number of fused-ring (bicyclic) bond motifs is 1. The van der Waals surface area contributed by atoms with Gasteiger partial charge in [0.15, 0.2) is 0 Å². The largest absolute Gasteiger partial charge is 0.442 e. The number of nitrogens with one attached hydrogen (secondary N) is 2. The number of carbonyl (C=O) groups is 1. The lowest BCUT2D eigenvalue weighted by Gasteiger charge is -2.19. The molecule has 2 aromatic heterocycles. The van der Waals surface area contributed by atoms with Gasteiger partial charge < -0.3 is 14.7 Å². The van der Waals surface area contributed by atoms with Crippen molar-refractivity contribution < 1.29 is 9.21 Å². The van der Waals surface area contributed by atoms with Gasteiger partial charge in [-0.15, -0.1) is 0 Å². The van der Waals surface area contributed by atoms with E-state index in [-0.39, 0.29) is 22.1 Å². The first-order valence-electron chi connectivity index (χ1n) is 7.66. The molecule has 1 amide bonds. The summed E-state index contributed by atoms with van der Waals surface area (Å²) in [5.74, 6) is -0.0359. The van der Waals surface area contributed by atoms with Crippen molar-refractivity contribution in [3.05, 3.63) is 57.8 Å². The molecule has 6 heteroatoms. The molecular weight excluding hydrogens is 306 g/mol. The number of hydrogen-bond donors (Lipinski definition) is 2. The van der Waals surface area contributed by atoms with Crippen molar-refractivity contribution in [3.63, 3.8) is 0 Å². The van der Waals surface area contributed by atoms with Crippen molar-refractivity contribution in [1.82, 2.24) is 9.97 Å². The normalized spacial score (nSPS) is 11.7. The molecule has 24 heavy (non-hydrogen) atoms. The number of nitrogens with zero attached hydrogens (tertiary/aromatic N) is 1. The van der Waals surface area contributed by atoms with E-state index in [0.29, 0.717) is 11.4 Å². The number of anilines is 1. The van der Waals surface area contributed by atoms with Gasteiger partial charge in [0.1, 0.15) is 11.1 Å². The Morgan fingerprint density at radius 3 is 2.50 bits per heavy atom. The van der Waals surface area contributed by atoms with Gasteiger partial charge in [-0.1, -0.05) is 32.9 Å². The van der Waals surface area contributed by atoms with Gasteiger partial charge in [0, 0.05) is 5.69 Å². The molecule has 1 aromatic carbocycles. The van der Waals surface area contributed by atoms with E-state index < -0.39 is 11.5 Å². The Kier molecular flexibility index (Phi) is 3.75. The lowest BCUT2D eigenvalue weighted by atomic mass is 9.87. The summed E-state index contributed by atoms with van der Waals surface area (Å²) in [6, 6.07) is 7.64. The van der Waals surface area contributed by atoms with Crippen LogP contribution in [-0.4, -0.2) is 15.9 Å². The zero-order chi connectivity index (χ0) is 17.5. The van der Waals surface area contributed by atoms with E-state index in [1.807, 2.05) is 24.3 Å². The molecule has 0 aliphatic rings. The molecule has 0 fully saturated rings. The van der Waals surface area contributed by atoms with E-state index in [4.69, 9.17) is 4.42 Å². The lowest BCUT2D eigenvalue weighted by molar-refractivity contribution is 0.102. The minimum atomic E-state index is -0.398. The fraction of sp³-hybridized carbons (Fsp3) is 0.278. The van der Waals surface area contributed by atoms with Crippen LogP contribution in [-0.2, 0) is 5.41 Å². The van der Waals surface area contributed by atoms with Gasteiger partial charge in [-0.2, -0.15) is 0 Å². The minimum absolute atomic E-state index is 0.0405. The van der Waals surface area contributed by atoms with Crippen LogP contribution in [0, 0.1) is 6.92 Å². The first kappa shape index (κ1) is 16.0. The highest BCUT2D eigenvalue weighted by atomic mass is 16.3. The Morgan fingerprint density at radius 2 is 1.88 bits per heavy atom. The summed E-state index contributed by atoms with van der Waals surface area (Å²) < 4.78 is 5.41. The Labute approximate surface area is 138 Å². The standard InChI is InChI=1S/C18H19N3O3/c1-10-13(14-15(22)19-9-20-17(14)24-10)16(23)21-12-7-5-11(6-8-12)18(2,3)4/h5-9H,1-4H3,(H,21,23)(H,19,20,22). The number of amides is 1. The second-order valence-electron chi connectivity index (χ2n) is 6.73. The topological polar surface area (TPSA) is 88.0 Å². The van der Waals surface area contributed by atoms with E-state index in [0.717, 1.165) is 0 Å². The highest BCUT2D eigenvalue weighted by Gasteiger charge is 2.22. The maximum Gasteiger partial charge on any atom is 0.262 e. The molecule has 0 bridgehead atoms. The summed E-state index contributed by atoms with van der Waals surface area (Å²) in [7, 11) is 0. The molecule has 0 aliphatic heterocycles. The van der Waals surface area contributed by atoms with Crippen LogP contribution < -0.4 is 10.9 Å². The molecule has 0 spiro atoms. The fourth-order valence-corrected chi connectivity index (χ4v) is 2.57. The maximum absolute atomic E-state index is 12.6. The van der Waals surface area contributed by atoms with Crippen LogP contribution in [0.3, 0.4) is 0 Å². The van der Waals surface area contributed by atoms with E-state index in [2.05, 4.69) is 36.1 Å². The van der Waals surface area contributed by atoms with Crippen LogP contribution in [0.25, 0.3) is 11.1 Å². The van der Waals surface area contributed by atoms with E-state index >= 15 is 0 Å². The van der Waals surface area contributed by atoms with Crippen LogP contribution in [0.5, 0.6) is 0 Å². The molecule has 0 saturated heterocycles. The number of furan rings is 1. The molecule has 2 N–H and O–H groups in total. The number of benzene rings is 1. The molecule has 2 heterocycles. The highest BCUT2D eigenvalue weighted by Crippen LogP contribution is 2.25. The second kappa shape index (κ2) is 5.63. The fourth-order valence-electron chi connectivity index (χ4n) is 2.57. The van der Waals surface area contributed by atoms with Crippen LogP contribution in [0.15, 0.2) is 39.8 Å². The van der Waals surface area contributed by atoms with Crippen molar-refractivity contribution in [2.24, 2.45) is 0 Å². The number of rotatable bonds is 2. The third-order valence-electron chi connectivity index (χ3n) is 3.91. The lowest BCUT2D eigenvalue weighted by Crippen LogP contribution is -2.16. The molecule has 0 atom stereocenters. The van der Waals surface area contributed by atoms with Crippen LogP contribution in [0.4, 0.5) is 5.69 Å². The number of hydrogen-bond acceptors (Lipinski definition) is 4. The van der Waals surface area contributed by atoms with Crippen LogP contribution in [0.2, 0.25) is 0 Å². The second-order valence-corrected chi connectivity index (χ2v) is 6.73. The molecular formula is C18H19N3O3. The Balaban J connectivity index is 1.94. The number of aromatic amines is 1. The zero-order valence-corrected chi connectivity index (χ0v) is 14.1.